The van der Waals surface area contributed by atoms with Crippen LogP contribution < -0.4 is 5.32 Å². The van der Waals surface area contributed by atoms with Gasteiger partial charge in [0.05, 0.1) is 13.3 Å². The molecule has 0 radical (unpaired) electrons. The largest absolute Gasteiger partial charge is 0.465 e. The van der Waals surface area contributed by atoms with E-state index >= 15 is 0 Å². The molecular formula is C11H16N2O2S. The zero-order valence-electron chi connectivity index (χ0n) is 9.74. The normalized spacial score (nSPS) is 21.6. The first-order valence-electron chi connectivity index (χ1n) is 5.31. The Morgan fingerprint density at radius 3 is 3.00 bits per heavy atom. The van der Waals surface area contributed by atoms with Gasteiger partial charge in [0, 0.05) is 6.54 Å². The van der Waals surface area contributed by atoms with Crippen LogP contribution in [0.4, 0.5) is 5.13 Å². The van der Waals surface area contributed by atoms with Gasteiger partial charge in [-0.15, -0.1) is 0 Å². The fourth-order valence-corrected chi connectivity index (χ4v) is 2.43. The lowest BCUT2D eigenvalue weighted by molar-refractivity contribution is 0.0606. The summed E-state index contributed by atoms with van der Waals surface area (Å²) in [6, 6.07) is 0. The van der Waals surface area contributed by atoms with Crippen LogP contribution in [0, 0.1) is 11.3 Å². The van der Waals surface area contributed by atoms with Gasteiger partial charge in [0.25, 0.3) is 0 Å². The highest BCUT2D eigenvalue weighted by atomic mass is 32.1. The second-order valence-corrected chi connectivity index (χ2v) is 5.82. The molecule has 4 nitrogen and oxygen atoms in total. The molecule has 1 aliphatic carbocycles. The molecule has 1 aromatic rings. The first-order valence-corrected chi connectivity index (χ1v) is 6.12. The fourth-order valence-electron chi connectivity index (χ4n) is 1.69. The van der Waals surface area contributed by atoms with Gasteiger partial charge in [0.15, 0.2) is 5.13 Å². The maximum Gasteiger partial charge on any atom is 0.349 e. The number of nitrogens with one attached hydrogen (secondary N) is 1. The van der Waals surface area contributed by atoms with Crippen LogP contribution in [0.2, 0.25) is 0 Å². The Hall–Kier alpha value is -1.10. The van der Waals surface area contributed by atoms with E-state index in [4.69, 9.17) is 0 Å². The van der Waals surface area contributed by atoms with E-state index in [1.54, 1.807) is 6.20 Å². The van der Waals surface area contributed by atoms with E-state index < -0.39 is 0 Å². The van der Waals surface area contributed by atoms with Crippen molar-refractivity contribution in [2.24, 2.45) is 11.3 Å². The van der Waals surface area contributed by atoms with E-state index in [1.165, 1.54) is 24.9 Å². The Morgan fingerprint density at radius 1 is 1.75 bits per heavy atom. The maximum atomic E-state index is 11.2. The summed E-state index contributed by atoms with van der Waals surface area (Å²) in [4.78, 5) is 15.9. The lowest BCUT2D eigenvalue weighted by atomic mass is 10.1. The Labute approximate surface area is 99.0 Å². The molecule has 0 saturated heterocycles. The minimum atomic E-state index is -0.322. The van der Waals surface area contributed by atoms with Gasteiger partial charge in [0.2, 0.25) is 0 Å². The number of rotatable bonds is 4. The Bertz CT molecular complexity index is 400. The van der Waals surface area contributed by atoms with Gasteiger partial charge in [0.1, 0.15) is 4.88 Å². The zero-order chi connectivity index (χ0) is 11.8. The second kappa shape index (κ2) is 4.05. The molecule has 0 amide bonds. The summed E-state index contributed by atoms with van der Waals surface area (Å²) in [5.41, 5.74) is 0.468. The van der Waals surface area contributed by atoms with Crippen LogP contribution in [-0.4, -0.2) is 24.6 Å². The summed E-state index contributed by atoms with van der Waals surface area (Å²) < 4.78 is 4.62. The number of ether oxygens (including phenoxy) is 1. The van der Waals surface area contributed by atoms with Gasteiger partial charge in [-0.25, -0.2) is 9.78 Å². The molecule has 88 valence electrons. The third-order valence-corrected chi connectivity index (χ3v) is 4.04. The van der Waals surface area contributed by atoms with Crippen LogP contribution in [0.5, 0.6) is 0 Å². The minimum Gasteiger partial charge on any atom is -0.465 e. The number of hydrogen-bond donors (Lipinski definition) is 1. The summed E-state index contributed by atoms with van der Waals surface area (Å²) in [6.45, 7) is 5.46. The average Bonchev–Trinajstić information content (AvgIpc) is 2.68. The van der Waals surface area contributed by atoms with Crippen molar-refractivity contribution in [1.82, 2.24) is 4.98 Å². The van der Waals surface area contributed by atoms with E-state index in [1.807, 2.05) is 0 Å². The van der Waals surface area contributed by atoms with Crippen LogP contribution >= 0.6 is 11.3 Å². The smallest absolute Gasteiger partial charge is 0.349 e. The lowest BCUT2D eigenvalue weighted by Crippen LogP contribution is -2.06. The highest BCUT2D eigenvalue weighted by Crippen LogP contribution is 2.51. The summed E-state index contributed by atoms with van der Waals surface area (Å²) >= 11 is 1.34. The Kier molecular flexibility index (Phi) is 2.88. The molecule has 1 N–H and O–H groups in total. The van der Waals surface area contributed by atoms with Crippen molar-refractivity contribution < 1.29 is 9.53 Å². The molecule has 0 spiro atoms. The third-order valence-electron chi connectivity index (χ3n) is 3.11. The number of anilines is 1. The van der Waals surface area contributed by atoms with Crippen molar-refractivity contribution in [2.75, 3.05) is 19.0 Å². The number of hydrogen-bond acceptors (Lipinski definition) is 5. The summed E-state index contributed by atoms with van der Waals surface area (Å²) in [6.07, 6.45) is 2.81. The van der Waals surface area contributed by atoms with Gasteiger partial charge in [-0.2, -0.15) is 0 Å². The predicted molar refractivity (Wildman–Crippen MR) is 63.8 cm³/mol. The Balaban J connectivity index is 1.86. The van der Waals surface area contributed by atoms with Crippen molar-refractivity contribution in [1.29, 1.82) is 0 Å². The number of carbonyl (C=O) groups is 1. The van der Waals surface area contributed by atoms with Crippen LogP contribution in [0.15, 0.2) is 6.20 Å². The number of methoxy groups -OCH3 is 1. The number of nitrogens with zero attached hydrogens (tertiary/aromatic N) is 1. The summed E-state index contributed by atoms with van der Waals surface area (Å²) in [5, 5.41) is 4.06. The number of esters is 1. The van der Waals surface area contributed by atoms with Crippen molar-refractivity contribution in [3.63, 3.8) is 0 Å². The van der Waals surface area contributed by atoms with Crippen LogP contribution in [0.1, 0.15) is 29.9 Å². The topological polar surface area (TPSA) is 51.2 Å². The van der Waals surface area contributed by atoms with Gasteiger partial charge >= 0.3 is 5.97 Å². The third kappa shape index (κ3) is 2.35. The second-order valence-electron chi connectivity index (χ2n) is 4.79. The lowest BCUT2D eigenvalue weighted by Gasteiger charge is -2.03. The van der Waals surface area contributed by atoms with Gasteiger partial charge in [-0.3, -0.25) is 0 Å². The first-order chi connectivity index (χ1) is 7.53. The quantitative estimate of drug-likeness (QED) is 0.821. The molecule has 0 aliphatic heterocycles. The molecular weight excluding hydrogens is 224 g/mol. The van der Waals surface area contributed by atoms with Crippen molar-refractivity contribution >= 4 is 22.4 Å². The predicted octanol–water partition coefficient (Wildman–Crippen LogP) is 2.39. The van der Waals surface area contributed by atoms with Crippen LogP contribution in [-0.2, 0) is 4.74 Å². The first kappa shape index (κ1) is 11.4. The molecule has 1 aromatic heterocycles. The van der Waals surface area contributed by atoms with Crippen LogP contribution in [0.25, 0.3) is 0 Å². The zero-order valence-corrected chi connectivity index (χ0v) is 10.6. The van der Waals surface area contributed by atoms with Gasteiger partial charge < -0.3 is 10.1 Å². The maximum absolute atomic E-state index is 11.2. The van der Waals surface area contributed by atoms with E-state index in [0.29, 0.717) is 10.3 Å². The van der Waals surface area contributed by atoms with Gasteiger partial charge in [-0.1, -0.05) is 25.2 Å². The molecule has 1 heterocycles. The van der Waals surface area contributed by atoms with Crippen molar-refractivity contribution in [3.05, 3.63) is 11.1 Å². The molecule has 16 heavy (non-hydrogen) atoms. The SMILES string of the molecule is COC(=O)c1cnc(NCC2CC2(C)C)s1. The Morgan fingerprint density at radius 2 is 2.44 bits per heavy atom. The number of aromatic nitrogens is 1. The van der Waals surface area contributed by atoms with Crippen molar-refractivity contribution in [2.45, 2.75) is 20.3 Å². The average molecular weight is 240 g/mol. The van der Waals surface area contributed by atoms with E-state index in [-0.39, 0.29) is 5.97 Å². The molecule has 1 atom stereocenters. The monoisotopic (exact) mass is 240 g/mol. The molecule has 1 saturated carbocycles. The van der Waals surface area contributed by atoms with Crippen LogP contribution in [0.3, 0.4) is 0 Å². The van der Waals surface area contributed by atoms with Gasteiger partial charge in [-0.05, 0) is 17.8 Å². The standard InChI is InChI=1S/C11H16N2O2S/c1-11(2)4-7(11)5-12-10-13-6-8(16-10)9(14)15-3/h6-7H,4-5H2,1-3H3,(H,12,13). The van der Waals surface area contributed by atoms with E-state index in [0.717, 1.165) is 17.6 Å². The molecule has 5 heteroatoms. The molecule has 0 aromatic carbocycles. The molecule has 1 aliphatic rings. The van der Waals surface area contributed by atoms with E-state index in [9.17, 15) is 4.79 Å². The highest BCUT2D eigenvalue weighted by molar-refractivity contribution is 7.17. The molecule has 1 fully saturated rings. The summed E-state index contributed by atoms with van der Waals surface area (Å²) in [5.74, 6) is 0.398. The molecule has 0 bridgehead atoms. The minimum absolute atomic E-state index is 0.322. The summed E-state index contributed by atoms with van der Waals surface area (Å²) in [7, 11) is 1.38. The van der Waals surface area contributed by atoms with Crippen molar-refractivity contribution in [3.8, 4) is 0 Å². The fraction of sp³-hybridized carbons (Fsp3) is 0.636. The van der Waals surface area contributed by atoms with E-state index in [2.05, 4.69) is 28.9 Å². The molecule has 1 unspecified atom stereocenters. The molecule has 2 rings (SSSR count). The number of carbonyl (C=O) groups excluding carboxylic acids is 1. The highest BCUT2D eigenvalue weighted by Gasteiger charge is 2.45. The number of thiazole rings is 1.